The maximum absolute atomic E-state index is 12.6. The van der Waals surface area contributed by atoms with Gasteiger partial charge in [0.25, 0.3) is 5.91 Å². The molecule has 0 aliphatic rings. The molecule has 1 aromatic heterocycles. The molecule has 0 spiro atoms. The zero-order chi connectivity index (χ0) is 18.1. The summed E-state index contributed by atoms with van der Waals surface area (Å²) in [5.74, 6) is -0.286. The molecule has 0 saturated carbocycles. The van der Waals surface area contributed by atoms with Crippen LogP contribution < -0.4 is 4.90 Å². The van der Waals surface area contributed by atoms with Gasteiger partial charge in [-0.05, 0) is 52.3 Å². The first kappa shape index (κ1) is 19.7. The number of rotatable bonds is 4. The Kier molecular flexibility index (Phi) is 6.37. The first-order valence-electron chi connectivity index (χ1n) is 6.69. The van der Waals surface area contributed by atoms with Crippen molar-refractivity contribution in [2.75, 3.05) is 19.0 Å². The molecule has 0 radical (unpaired) electrons. The van der Waals surface area contributed by atoms with Gasteiger partial charge in [0, 0.05) is 24.8 Å². The Balaban J connectivity index is 2.34. The Morgan fingerprint density at radius 3 is 2.17 bits per heavy atom. The molecule has 1 amide bonds. The summed E-state index contributed by atoms with van der Waals surface area (Å²) in [5.41, 5.74) is 0.732. The van der Waals surface area contributed by atoms with Crippen molar-refractivity contribution in [3.8, 4) is 0 Å². The number of hydrogen-bond donors (Lipinski definition) is 0. The summed E-state index contributed by atoms with van der Waals surface area (Å²) >= 11 is 27.5. The Hall–Kier alpha value is -0.590. The Bertz CT molecular complexity index is 715. The first-order valence-corrected chi connectivity index (χ1v) is 8.99. The number of alkyl halides is 3. The van der Waals surface area contributed by atoms with E-state index in [9.17, 15) is 4.79 Å². The number of carbonyl (C=O) groups excluding carboxylic acids is 1. The van der Waals surface area contributed by atoms with E-state index in [0.717, 1.165) is 5.69 Å². The average molecular weight is 475 g/mol. The monoisotopic (exact) mass is 472 g/mol. The summed E-state index contributed by atoms with van der Waals surface area (Å²) in [6.07, 6.45) is -0.875. The zero-order valence-corrected chi connectivity index (χ0v) is 17.3. The number of carbonyl (C=O) groups is 1. The summed E-state index contributed by atoms with van der Waals surface area (Å²) in [4.78, 5) is 15.6. The van der Waals surface area contributed by atoms with E-state index in [1.807, 2.05) is 0 Å². The van der Waals surface area contributed by atoms with E-state index in [-0.39, 0.29) is 5.76 Å². The van der Waals surface area contributed by atoms with Crippen molar-refractivity contribution in [2.45, 2.75) is 9.96 Å². The highest BCUT2D eigenvalue weighted by molar-refractivity contribution is 9.10. The minimum atomic E-state index is -1.76. The maximum Gasteiger partial charge on any atom is 0.291 e. The summed E-state index contributed by atoms with van der Waals surface area (Å²) in [6.45, 7) is 0. The quantitative estimate of drug-likeness (QED) is 0.427. The molecule has 1 heterocycles. The second kappa shape index (κ2) is 7.75. The number of furan rings is 1. The highest BCUT2D eigenvalue weighted by Crippen LogP contribution is 2.37. The van der Waals surface area contributed by atoms with Crippen molar-refractivity contribution in [1.82, 2.24) is 4.90 Å². The molecule has 0 aliphatic carbocycles. The fraction of sp³-hybridized carbons (Fsp3) is 0.267. The fourth-order valence-corrected chi connectivity index (χ4v) is 3.54. The number of hydrogen-bond acceptors (Lipinski definition) is 3. The van der Waals surface area contributed by atoms with Crippen LogP contribution in [0.15, 0.2) is 45.5 Å². The van der Waals surface area contributed by atoms with Gasteiger partial charge in [0.05, 0.1) is 0 Å². The summed E-state index contributed by atoms with van der Waals surface area (Å²) in [5, 5.41) is 0.586. The van der Waals surface area contributed by atoms with E-state index in [0.29, 0.717) is 9.69 Å². The summed E-state index contributed by atoms with van der Waals surface area (Å²) in [6, 6.07) is 10.1. The van der Waals surface area contributed by atoms with Crippen molar-refractivity contribution in [3.05, 3.63) is 51.9 Å². The van der Waals surface area contributed by atoms with E-state index in [1.54, 1.807) is 48.3 Å². The Labute approximate surface area is 168 Å². The predicted octanol–water partition coefficient (Wildman–Crippen LogP) is 5.60. The first-order chi connectivity index (χ1) is 11.1. The number of benzene rings is 1. The lowest BCUT2D eigenvalue weighted by Crippen LogP contribution is -2.55. The van der Waals surface area contributed by atoms with Gasteiger partial charge in [0.15, 0.2) is 16.6 Å². The lowest BCUT2D eigenvalue weighted by atomic mass is 10.2. The second-order valence-corrected chi connectivity index (χ2v) is 8.61. The summed E-state index contributed by atoms with van der Waals surface area (Å²) in [7, 11) is 3.26. The van der Waals surface area contributed by atoms with Gasteiger partial charge in [-0.15, -0.1) is 0 Å². The molecule has 0 saturated heterocycles. The molecular formula is C15H13BrCl4N2O2. The third-order valence-corrected chi connectivity index (χ3v) is 4.63. The van der Waals surface area contributed by atoms with Crippen LogP contribution in [-0.4, -0.2) is 34.9 Å². The summed E-state index contributed by atoms with van der Waals surface area (Å²) < 4.78 is 3.97. The van der Waals surface area contributed by atoms with Crippen LogP contribution in [0.5, 0.6) is 0 Å². The van der Waals surface area contributed by atoms with Crippen molar-refractivity contribution >= 4 is 73.9 Å². The van der Waals surface area contributed by atoms with Crippen molar-refractivity contribution in [1.29, 1.82) is 0 Å². The van der Waals surface area contributed by atoms with E-state index >= 15 is 0 Å². The van der Waals surface area contributed by atoms with Gasteiger partial charge >= 0.3 is 0 Å². The van der Waals surface area contributed by atoms with Gasteiger partial charge in [-0.1, -0.05) is 46.4 Å². The number of amides is 1. The van der Waals surface area contributed by atoms with Crippen molar-refractivity contribution in [3.63, 3.8) is 0 Å². The van der Waals surface area contributed by atoms with Gasteiger partial charge in [0.1, 0.15) is 0 Å². The van der Waals surface area contributed by atoms with Crippen LogP contribution in [0.4, 0.5) is 5.69 Å². The number of anilines is 1. The normalized spacial score (nSPS) is 12.8. The van der Waals surface area contributed by atoms with Gasteiger partial charge in [-0.3, -0.25) is 4.79 Å². The number of nitrogens with zero attached hydrogens (tertiary/aromatic N) is 2. The molecule has 24 heavy (non-hydrogen) atoms. The second-order valence-electron chi connectivity index (χ2n) is 5.02. The molecule has 1 unspecified atom stereocenters. The third kappa shape index (κ3) is 4.52. The van der Waals surface area contributed by atoms with Crippen LogP contribution in [-0.2, 0) is 0 Å². The van der Waals surface area contributed by atoms with Crippen LogP contribution in [0.3, 0.4) is 0 Å². The third-order valence-electron chi connectivity index (χ3n) is 3.36. The largest absolute Gasteiger partial charge is 0.444 e. The van der Waals surface area contributed by atoms with Crippen LogP contribution in [0, 0.1) is 0 Å². The fourth-order valence-electron chi connectivity index (χ4n) is 2.23. The standard InChI is InChI=1S/C15H13BrCl4N2O2/c1-21(10-5-3-9(17)4-6-10)14(15(18,19)20)22(2)13(23)11-7-8-12(16)24-11/h3-8,14H,1-2H3. The highest BCUT2D eigenvalue weighted by Gasteiger charge is 2.42. The van der Waals surface area contributed by atoms with E-state index in [1.165, 1.54) is 11.9 Å². The lowest BCUT2D eigenvalue weighted by molar-refractivity contribution is 0.0699. The molecule has 130 valence electrons. The molecule has 0 bridgehead atoms. The van der Waals surface area contributed by atoms with Crippen LogP contribution in [0.2, 0.25) is 5.02 Å². The Morgan fingerprint density at radius 1 is 1.12 bits per heavy atom. The molecule has 1 atom stereocenters. The molecule has 9 heteroatoms. The van der Waals surface area contributed by atoms with E-state index in [4.69, 9.17) is 50.8 Å². The lowest BCUT2D eigenvalue weighted by Gasteiger charge is -2.40. The van der Waals surface area contributed by atoms with E-state index < -0.39 is 15.9 Å². The minimum absolute atomic E-state index is 0.133. The predicted molar refractivity (Wildman–Crippen MR) is 102 cm³/mol. The minimum Gasteiger partial charge on any atom is -0.444 e. The van der Waals surface area contributed by atoms with Gasteiger partial charge in [0.2, 0.25) is 3.79 Å². The van der Waals surface area contributed by atoms with Gasteiger partial charge in [-0.25, -0.2) is 0 Å². The SMILES string of the molecule is CN(C(=O)c1ccc(Br)o1)C(N(C)c1ccc(Cl)cc1)C(Cl)(Cl)Cl. The highest BCUT2D eigenvalue weighted by atomic mass is 79.9. The van der Waals surface area contributed by atoms with E-state index in [2.05, 4.69) is 15.9 Å². The average Bonchev–Trinajstić information content (AvgIpc) is 2.92. The topological polar surface area (TPSA) is 36.7 Å². The van der Waals surface area contributed by atoms with Crippen LogP contribution in [0.25, 0.3) is 0 Å². The van der Waals surface area contributed by atoms with Crippen LogP contribution in [0.1, 0.15) is 10.6 Å². The number of halogens is 5. The van der Waals surface area contributed by atoms with Gasteiger partial charge < -0.3 is 14.2 Å². The molecule has 4 nitrogen and oxygen atoms in total. The molecule has 2 rings (SSSR count). The smallest absolute Gasteiger partial charge is 0.291 e. The molecule has 0 N–H and O–H groups in total. The Morgan fingerprint density at radius 2 is 1.71 bits per heavy atom. The zero-order valence-electron chi connectivity index (χ0n) is 12.6. The van der Waals surface area contributed by atoms with Crippen LogP contribution >= 0.6 is 62.3 Å². The molecular weight excluding hydrogens is 462 g/mol. The van der Waals surface area contributed by atoms with Crippen molar-refractivity contribution < 1.29 is 9.21 Å². The van der Waals surface area contributed by atoms with Crippen molar-refractivity contribution in [2.24, 2.45) is 0 Å². The maximum atomic E-state index is 12.6. The molecule has 0 fully saturated rings. The molecule has 1 aromatic carbocycles. The molecule has 2 aromatic rings. The van der Waals surface area contributed by atoms with Gasteiger partial charge in [-0.2, -0.15) is 0 Å². The molecule has 0 aliphatic heterocycles.